The number of likely N-dealkylation sites (N-methyl/N-ethyl adjacent to an activating group) is 1. The van der Waals surface area contributed by atoms with Crippen molar-refractivity contribution >= 4 is 11.8 Å². The highest BCUT2D eigenvalue weighted by Gasteiger charge is 2.34. The number of benzene rings is 1. The second kappa shape index (κ2) is 9.43. The molecule has 0 spiro atoms. The Hall–Kier alpha value is -3.00. The van der Waals surface area contributed by atoms with Gasteiger partial charge in [-0.05, 0) is 30.7 Å². The van der Waals surface area contributed by atoms with Gasteiger partial charge in [0.1, 0.15) is 17.5 Å². The van der Waals surface area contributed by atoms with Crippen LogP contribution in [0.15, 0.2) is 36.5 Å². The number of aliphatic hydroxyl groups is 1. The van der Waals surface area contributed by atoms with Gasteiger partial charge < -0.3 is 19.6 Å². The van der Waals surface area contributed by atoms with E-state index in [0.717, 1.165) is 5.56 Å². The first-order valence-electron chi connectivity index (χ1n) is 10.3. The third kappa shape index (κ3) is 5.02. The van der Waals surface area contributed by atoms with Gasteiger partial charge in [0.05, 0.1) is 19.2 Å². The van der Waals surface area contributed by atoms with Crippen molar-refractivity contribution in [2.75, 3.05) is 26.7 Å². The number of rotatable bonds is 5. The molecule has 31 heavy (non-hydrogen) atoms. The second-order valence-corrected chi connectivity index (χ2v) is 8.11. The molecule has 0 saturated heterocycles. The van der Waals surface area contributed by atoms with Crippen molar-refractivity contribution in [3.8, 4) is 17.0 Å². The van der Waals surface area contributed by atoms with Crippen LogP contribution in [0.25, 0.3) is 11.1 Å². The van der Waals surface area contributed by atoms with Crippen LogP contribution in [0.3, 0.4) is 0 Å². The van der Waals surface area contributed by atoms with E-state index < -0.39 is 12.1 Å². The van der Waals surface area contributed by atoms with Crippen LogP contribution in [0.2, 0.25) is 0 Å². The number of ether oxygens (including phenoxy) is 1. The lowest BCUT2D eigenvalue weighted by Crippen LogP contribution is -2.50. The maximum absolute atomic E-state index is 13.4. The highest BCUT2D eigenvalue weighted by molar-refractivity contribution is 5.98. The fourth-order valence-electron chi connectivity index (χ4n) is 3.52. The van der Waals surface area contributed by atoms with E-state index in [-0.39, 0.29) is 41.6 Å². The smallest absolute Gasteiger partial charge is 0.259 e. The number of amides is 2. The summed E-state index contributed by atoms with van der Waals surface area (Å²) in [5, 5.41) is 9.71. The van der Waals surface area contributed by atoms with Gasteiger partial charge in [-0.2, -0.15) is 0 Å². The lowest BCUT2D eigenvalue weighted by atomic mass is 9.99. The van der Waals surface area contributed by atoms with Crippen molar-refractivity contribution in [2.45, 2.75) is 32.9 Å². The van der Waals surface area contributed by atoms with E-state index >= 15 is 0 Å². The maximum atomic E-state index is 13.4. The van der Waals surface area contributed by atoms with Crippen molar-refractivity contribution in [3.05, 3.63) is 47.9 Å². The molecule has 1 N–H and O–H groups in total. The van der Waals surface area contributed by atoms with Gasteiger partial charge in [-0.3, -0.25) is 9.59 Å². The number of fused-ring (bicyclic) bond motifs is 1. The average Bonchev–Trinajstić information content (AvgIpc) is 2.75. The minimum Gasteiger partial charge on any atom is -0.472 e. The van der Waals surface area contributed by atoms with Crippen LogP contribution in [0, 0.1) is 11.7 Å². The number of aromatic nitrogens is 1. The number of hydrogen-bond acceptors (Lipinski definition) is 5. The van der Waals surface area contributed by atoms with E-state index in [0.29, 0.717) is 18.7 Å². The Labute approximate surface area is 181 Å². The predicted octanol–water partition coefficient (Wildman–Crippen LogP) is 2.59. The van der Waals surface area contributed by atoms with Crippen molar-refractivity contribution in [2.24, 2.45) is 5.92 Å². The number of carbonyl (C=O) groups excluding carboxylic acids is 2. The van der Waals surface area contributed by atoms with Gasteiger partial charge in [0, 0.05) is 38.2 Å². The number of nitrogens with zero attached hydrogens (tertiary/aromatic N) is 3. The van der Waals surface area contributed by atoms with Crippen molar-refractivity contribution in [3.63, 3.8) is 0 Å². The van der Waals surface area contributed by atoms with Gasteiger partial charge in [-0.25, -0.2) is 9.37 Å². The Bertz CT molecular complexity index is 950. The summed E-state index contributed by atoms with van der Waals surface area (Å²) < 4.78 is 19.4. The van der Waals surface area contributed by atoms with E-state index in [1.807, 2.05) is 6.92 Å². The summed E-state index contributed by atoms with van der Waals surface area (Å²) in [5.74, 6) is -0.657. The topological polar surface area (TPSA) is 83.0 Å². The summed E-state index contributed by atoms with van der Waals surface area (Å²) in [6.45, 7) is 5.72. The van der Waals surface area contributed by atoms with Gasteiger partial charge in [0.25, 0.3) is 5.91 Å². The van der Waals surface area contributed by atoms with Gasteiger partial charge in [0.15, 0.2) is 0 Å². The van der Waals surface area contributed by atoms with Gasteiger partial charge in [0.2, 0.25) is 11.8 Å². The highest BCUT2D eigenvalue weighted by Crippen LogP contribution is 2.30. The first kappa shape index (κ1) is 22.7. The molecule has 0 saturated carbocycles. The number of aliphatic hydroxyl groups excluding tert-OH is 1. The number of halogens is 1. The number of pyridine rings is 1. The lowest BCUT2D eigenvalue weighted by Gasteiger charge is -2.37. The molecule has 0 unspecified atom stereocenters. The van der Waals surface area contributed by atoms with E-state index in [4.69, 9.17) is 4.74 Å². The summed E-state index contributed by atoms with van der Waals surface area (Å²) in [4.78, 5) is 32.7. The zero-order chi connectivity index (χ0) is 22.7. The van der Waals surface area contributed by atoms with Crippen LogP contribution in [-0.4, -0.2) is 70.6 Å². The molecule has 2 amide bonds. The van der Waals surface area contributed by atoms with Crippen LogP contribution in [0.4, 0.5) is 4.39 Å². The molecule has 166 valence electrons. The molecule has 0 bridgehead atoms. The van der Waals surface area contributed by atoms with Gasteiger partial charge in [-0.1, -0.05) is 19.1 Å². The lowest BCUT2D eigenvalue weighted by molar-refractivity contribution is -0.129. The molecule has 1 aromatic carbocycles. The van der Waals surface area contributed by atoms with Crippen molar-refractivity contribution in [1.29, 1.82) is 0 Å². The van der Waals surface area contributed by atoms with E-state index in [1.165, 1.54) is 19.1 Å². The molecule has 3 rings (SSSR count). The van der Waals surface area contributed by atoms with Crippen molar-refractivity contribution < 1.29 is 23.8 Å². The summed E-state index contributed by atoms with van der Waals surface area (Å²) in [7, 11) is 1.70. The summed E-state index contributed by atoms with van der Waals surface area (Å²) in [6, 6.07) is 7.21. The monoisotopic (exact) mass is 429 g/mol. The highest BCUT2D eigenvalue weighted by atomic mass is 19.1. The number of carbonyl (C=O) groups is 2. The molecule has 8 heteroatoms. The van der Waals surface area contributed by atoms with Crippen LogP contribution in [0.1, 0.15) is 31.1 Å². The standard InChI is InChI=1S/C23H28FN3O4/c1-14-11-27(15(2)13-28)23(30)20-9-18(17-5-7-19(24)8-6-17)10-25-22(20)31-21(14)12-26(4)16(3)29/h5-10,14-15,21,28H,11-13H2,1-4H3/t14-,15-,21-/m0/s1. The molecule has 2 heterocycles. The SMILES string of the molecule is CC(=O)N(C)C[C@@H]1Oc2ncc(-c3ccc(F)cc3)cc2C(=O)N([C@@H](C)CO)C[C@@H]1C. The summed E-state index contributed by atoms with van der Waals surface area (Å²) >= 11 is 0. The quantitative estimate of drug-likeness (QED) is 0.790. The van der Waals surface area contributed by atoms with E-state index in [1.54, 1.807) is 48.2 Å². The molecule has 0 radical (unpaired) electrons. The Kier molecular flexibility index (Phi) is 6.90. The summed E-state index contributed by atoms with van der Waals surface area (Å²) in [6.07, 6.45) is 1.19. The molecule has 2 aromatic rings. The Morgan fingerprint density at radius 2 is 2.03 bits per heavy atom. The Morgan fingerprint density at radius 3 is 2.65 bits per heavy atom. The first-order chi connectivity index (χ1) is 14.7. The second-order valence-electron chi connectivity index (χ2n) is 8.11. The van der Waals surface area contributed by atoms with Crippen molar-refractivity contribution in [1.82, 2.24) is 14.8 Å². The molecule has 1 aliphatic rings. The predicted molar refractivity (Wildman–Crippen MR) is 114 cm³/mol. The first-order valence-corrected chi connectivity index (χ1v) is 10.3. The minimum atomic E-state index is -0.401. The molecular weight excluding hydrogens is 401 g/mol. The third-order valence-electron chi connectivity index (χ3n) is 5.69. The minimum absolute atomic E-state index is 0.0886. The third-order valence-corrected chi connectivity index (χ3v) is 5.69. The molecule has 7 nitrogen and oxygen atoms in total. The summed E-state index contributed by atoms with van der Waals surface area (Å²) in [5.41, 5.74) is 1.64. The van der Waals surface area contributed by atoms with Gasteiger partial charge >= 0.3 is 0 Å². The zero-order valence-corrected chi connectivity index (χ0v) is 18.2. The molecule has 0 fully saturated rings. The molecule has 3 atom stereocenters. The maximum Gasteiger partial charge on any atom is 0.259 e. The fraction of sp³-hybridized carbons (Fsp3) is 0.435. The van der Waals surface area contributed by atoms with Gasteiger partial charge in [-0.15, -0.1) is 0 Å². The van der Waals surface area contributed by atoms with Crippen LogP contribution >= 0.6 is 0 Å². The molecule has 1 aliphatic heterocycles. The normalized spacial score (nSPS) is 19.7. The largest absolute Gasteiger partial charge is 0.472 e. The molecule has 1 aromatic heterocycles. The average molecular weight is 429 g/mol. The van der Waals surface area contributed by atoms with Crippen LogP contribution < -0.4 is 4.74 Å². The van der Waals surface area contributed by atoms with E-state index in [2.05, 4.69) is 4.98 Å². The fourth-order valence-corrected chi connectivity index (χ4v) is 3.52. The Balaban J connectivity index is 2.05. The Morgan fingerprint density at radius 1 is 1.35 bits per heavy atom. The molecular formula is C23H28FN3O4. The number of hydrogen-bond donors (Lipinski definition) is 1. The molecule has 0 aliphatic carbocycles. The zero-order valence-electron chi connectivity index (χ0n) is 18.2. The van der Waals surface area contributed by atoms with E-state index in [9.17, 15) is 19.1 Å². The van der Waals surface area contributed by atoms with Crippen LogP contribution in [-0.2, 0) is 4.79 Å². The van der Waals surface area contributed by atoms with Crippen LogP contribution in [0.5, 0.6) is 5.88 Å².